The summed E-state index contributed by atoms with van der Waals surface area (Å²) in [5, 5.41) is 28.7. The lowest BCUT2D eigenvalue weighted by Gasteiger charge is -2.13. The quantitative estimate of drug-likeness (QED) is 0.668. The molecule has 2 N–H and O–H groups in total. The maximum atomic E-state index is 12.4. The highest BCUT2D eigenvalue weighted by Crippen LogP contribution is 2.39. The minimum absolute atomic E-state index is 0.0293. The van der Waals surface area contributed by atoms with Gasteiger partial charge in [0.1, 0.15) is 0 Å². The van der Waals surface area contributed by atoms with E-state index >= 15 is 0 Å². The molecule has 0 aliphatic rings. The molecule has 0 saturated carbocycles. The molecule has 5 heteroatoms. The summed E-state index contributed by atoms with van der Waals surface area (Å²) in [6.07, 6.45) is -0.176. The molecule has 2 aromatic rings. The van der Waals surface area contributed by atoms with Crippen molar-refractivity contribution in [3.05, 3.63) is 53.1 Å². The fourth-order valence-corrected chi connectivity index (χ4v) is 1.95. The summed E-state index contributed by atoms with van der Waals surface area (Å²) in [5.41, 5.74) is 0.717. The van der Waals surface area contributed by atoms with E-state index in [0.717, 1.165) is 0 Å². The number of benzene rings is 2. The van der Waals surface area contributed by atoms with Crippen molar-refractivity contribution in [3.63, 3.8) is 0 Å². The monoisotopic (exact) mass is 297 g/mol. The van der Waals surface area contributed by atoms with Crippen LogP contribution in [0, 0.1) is 11.3 Å². The molecule has 0 aliphatic carbocycles. The van der Waals surface area contributed by atoms with Crippen LogP contribution in [0.4, 0.5) is 0 Å². The Labute approximate surface area is 128 Å². The highest BCUT2D eigenvalue weighted by molar-refractivity contribution is 6.11. The van der Waals surface area contributed by atoms with Crippen LogP contribution in [0.3, 0.4) is 0 Å². The van der Waals surface area contributed by atoms with E-state index in [9.17, 15) is 15.0 Å². The second kappa shape index (κ2) is 6.19. The van der Waals surface area contributed by atoms with Gasteiger partial charge in [-0.05, 0) is 50.2 Å². The van der Waals surface area contributed by atoms with Crippen molar-refractivity contribution in [2.24, 2.45) is 0 Å². The SMILES string of the molecule is CC(C)Oc1ccc(C(=O)c2ccc(C#N)cc2)c(O)c1O. The number of hydrogen-bond acceptors (Lipinski definition) is 5. The van der Waals surface area contributed by atoms with Crippen LogP contribution in [-0.2, 0) is 0 Å². The number of carbonyl (C=O) groups excluding carboxylic acids is 1. The first-order valence-electron chi connectivity index (χ1n) is 6.70. The van der Waals surface area contributed by atoms with E-state index in [-0.39, 0.29) is 17.4 Å². The zero-order chi connectivity index (χ0) is 16.3. The lowest BCUT2D eigenvalue weighted by molar-refractivity contribution is 0.103. The molecule has 0 aromatic heterocycles. The highest BCUT2D eigenvalue weighted by Gasteiger charge is 2.19. The van der Waals surface area contributed by atoms with Crippen molar-refractivity contribution >= 4 is 5.78 Å². The molecule has 0 radical (unpaired) electrons. The second-order valence-corrected chi connectivity index (χ2v) is 4.99. The summed E-state index contributed by atoms with van der Waals surface area (Å²) in [7, 11) is 0. The number of rotatable bonds is 4. The Morgan fingerprint density at radius 3 is 2.27 bits per heavy atom. The molecular formula is C17H15NO4. The molecule has 2 aromatic carbocycles. The van der Waals surface area contributed by atoms with Gasteiger partial charge in [0.25, 0.3) is 0 Å². The average Bonchev–Trinajstić information content (AvgIpc) is 2.51. The van der Waals surface area contributed by atoms with Crippen LogP contribution in [0.25, 0.3) is 0 Å². The Balaban J connectivity index is 2.37. The van der Waals surface area contributed by atoms with E-state index in [1.165, 1.54) is 36.4 Å². The van der Waals surface area contributed by atoms with Crippen molar-refractivity contribution in [2.75, 3.05) is 0 Å². The van der Waals surface area contributed by atoms with Gasteiger partial charge in [0.05, 0.1) is 23.3 Å². The number of hydrogen-bond donors (Lipinski definition) is 2. The molecule has 0 fully saturated rings. The predicted octanol–water partition coefficient (Wildman–Crippen LogP) is 2.99. The van der Waals surface area contributed by atoms with E-state index in [2.05, 4.69) is 0 Å². The molecule has 2 rings (SSSR count). The van der Waals surface area contributed by atoms with E-state index in [1.807, 2.05) is 6.07 Å². The van der Waals surface area contributed by atoms with Crippen molar-refractivity contribution in [3.8, 4) is 23.3 Å². The number of ether oxygens (including phenoxy) is 1. The Hall–Kier alpha value is -3.00. The Bertz CT molecular complexity index is 742. The Morgan fingerprint density at radius 2 is 1.73 bits per heavy atom. The Kier molecular flexibility index (Phi) is 4.33. The molecule has 0 saturated heterocycles. The molecule has 0 heterocycles. The maximum Gasteiger partial charge on any atom is 0.201 e. The first-order chi connectivity index (χ1) is 10.4. The van der Waals surface area contributed by atoms with Gasteiger partial charge in [0, 0.05) is 5.56 Å². The third kappa shape index (κ3) is 3.01. The molecule has 0 atom stereocenters. The zero-order valence-electron chi connectivity index (χ0n) is 12.2. The third-order valence-electron chi connectivity index (χ3n) is 3.00. The van der Waals surface area contributed by atoms with E-state index in [4.69, 9.17) is 10.00 Å². The number of nitrogens with zero attached hydrogens (tertiary/aromatic N) is 1. The molecule has 112 valence electrons. The van der Waals surface area contributed by atoms with Crippen molar-refractivity contribution in [2.45, 2.75) is 20.0 Å². The van der Waals surface area contributed by atoms with E-state index in [1.54, 1.807) is 13.8 Å². The minimum atomic E-state index is -0.521. The zero-order valence-corrected chi connectivity index (χ0v) is 12.2. The number of carbonyl (C=O) groups is 1. The van der Waals surface area contributed by atoms with Gasteiger partial charge in [0.15, 0.2) is 17.3 Å². The number of nitriles is 1. The second-order valence-electron chi connectivity index (χ2n) is 4.99. The van der Waals surface area contributed by atoms with Crippen LogP contribution < -0.4 is 4.74 Å². The predicted molar refractivity (Wildman–Crippen MR) is 80.1 cm³/mol. The average molecular weight is 297 g/mol. The first-order valence-corrected chi connectivity index (χ1v) is 6.70. The normalized spacial score (nSPS) is 10.3. The molecule has 5 nitrogen and oxygen atoms in total. The van der Waals surface area contributed by atoms with Crippen LogP contribution in [0.1, 0.15) is 35.3 Å². The first kappa shape index (κ1) is 15.4. The summed E-state index contributed by atoms with van der Waals surface area (Å²) in [6.45, 7) is 3.57. The minimum Gasteiger partial charge on any atom is -0.504 e. The molecule has 0 bridgehead atoms. The van der Waals surface area contributed by atoms with Gasteiger partial charge in [0.2, 0.25) is 5.75 Å². The van der Waals surface area contributed by atoms with Crippen LogP contribution in [0.2, 0.25) is 0 Å². The molecular weight excluding hydrogens is 282 g/mol. The number of phenolic OH excluding ortho intramolecular Hbond substituents is 2. The highest BCUT2D eigenvalue weighted by atomic mass is 16.5. The molecule has 0 aliphatic heterocycles. The smallest absolute Gasteiger partial charge is 0.201 e. The topological polar surface area (TPSA) is 90.6 Å². The number of aromatic hydroxyl groups is 2. The van der Waals surface area contributed by atoms with E-state index < -0.39 is 17.3 Å². The number of phenols is 2. The van der Waals surface area contributed by atoms with Crippen LogP contribution in [0.15, 0.2) is 36.4 Å². The van der Waals surface area contributed by atoms with Crippen LogP contribution in [-0.4, -0.2) is 22.1 Å². The standard InChI is InChI=1S/C17H15NO4/c1-10(2)22-14-8-7-13(16(20)17(14)21)15(19)12-5-3-11(9-18)4-6-12/h3-8,10,20-21H,1-2H3. The van der Waals surface area contributed by atoms with Gasteiger partial charge in [-0.15, -0.1) is 0 Å². The lowest BCUT2D eigenvalue weighted by atomic mass is 10.0. The van der Waals surface area contributed by atoms with Gasteiger partial charge in [-0.25, -0.2) is 0 Å². The Morgan fingerprint density at radius 1 is 1.09 bits per heavy atom. The molecule has 0 spiro atoms. The lowest BCUT2D eigenvalue weighted by Crippen LogP contribution is -2.07. The summed E-state index contributed by atoms with van der Waals surface area (Å²) < 4.78 is 5.34. The number of ketones is 1. The van der Waals surface area contributed by atoms with Gasteiger partial charge in [-0.1, -0.05) is 0 Å². The van der Waals surface area contributed by atoms with Crippen LogP contribution >= 0.6 is 0 Å². The van der Waals surface area contributed by atoms with Gasteiger partial charge in [-0.2, -0.15) is 5.26 Å². The summed E-state index contributed by atoms with van der Waals surface area (Å²) in [5.74, 6) is -1.32. The molecule has 0 amide bonds. The third-order valence-corrected chi connectivity index (χ3v) is 3.00. The van der Waals surface area contributed by atoms with Crippen molar-refractivity contribution in [1.82, 2.24) is 0 Å². The fraction of sp³-hybridized carbons (Fsp3) is 0.176. The van der Waals surface area contributed by atoms with E-state index in [0.29, 0.717) is 11.1 Å². The van der Waals surface area contributed by atoms with Gasteiger partial charge < -0.3 is 14.9 Å². The van der Waals surface area contributed by atoms with Crippen LogP contribution in [0.5, 0.6) is 17.2 Å². The molecule has 0 unspecified atom stereocenters. The maximum absolute atomic E-state index is 12.4. The summed E-state index contributed by atoms with van der Waals surface area (Å²) >= 11 is 0. The van der Waals surface area contributed by atoms with Gasteiger partial charge >= 0.3 is 0 Å². The summed E-state index contributed by atoms with van der Waals surface area (Å²) in [4.78, 5) is 12.4. The van der Waals surface area contributed by atoms with Gasteiger partial charge in [-0.3, -0.25) is 4.79 Å². The largest absolute Gasteiger partial charge is 0.504 e. The van der Waals surface area contributed by atoms with Crippen molar-refractivity contribution < 1.29 is 19.7 Å². The molecule has 22 heavy (non-hydrogen) atoms. The van der Waals surface area contributed by atoms with Crippen molar-refractivity contribution in [1.29, 1.82) is 5.26 Å². The summed E-state index contributed by atoms with van der Waals surface area (Å²) in [6, 6.07) is 10.8. The fourth-order valence-electron chi connectivity index (χ4n) is 1.95.